The first-order chi connectivity index (χ1) is 10.2. The molecule has 0 fully saturated rings. The van der Waals surface area contributed by atoms with Gasteiger partial charge in [-0.25, -0.2) is 0 Å². The van der Waals surface area contributed by atoms with Gasteiger partial charge in [-0.3, -0.25) is 0 Å². The molecule has 0 aliphatic carbocycles. The molecule has 21 heavy (non-hydrogen) atoms. The molecule has 2 aromatic rings. The maximum absolute atomic E-state index is 5.79. The van der Waals surface area contributed by atoms with Crippen LogP contribution in [0.2, 0.25) is 0 Å². The van der Waals surface area contributed by atoms with Crippen LogP contribution < -0.4 is 0 Å². The number of fused-ring (bicyclic) bond motifs is 1. The van der Waals surface area contributed by atoms with Gasteiger partial charge in [0.1, 0.15) is 6.79 Å². The average molecular weight is 306 g/mol. The Morgan fingerprint density at radius 1 is 0.952 bits per heavy atom. The van der Waals surface area contributed by atoms with E-state index >= 15 is 0 Å². The van der Waals surface area contributed by atoms with Crippen molar-refractivity contribution in [2.75, 3.05) is 27.6 Å². The van der Waals surface area contributed by atoms with E-state index in [2.05, 4.69) is 24.3 Å². The maximum atomic E-state index is 5.79. The fraction of sp³-hybridized carbons (Fsp3) is 0.375. The van der Waals surface area contributed by atoms with Crippen LogP contribution in [0.5, 0.6) is 0 Å². The first kappa shape index (κ1) is 16.1. The molecule has 0 saturated carbocycles. The SMILES string of the molecule is CCOCO[Si](Cc1cccc2ccccc12)(OC)OC. The molecule has 0 saturated heterocycles. The molecule has 0 unspecified atom stereocenters. The zero-order valence-corrected chi connectivity index (χ0v) is 13.8. The van der Waals surface area contributed by atoms with Gasteiger partial charge >= 0.3 is 8.80 Å². The first-order valence-electron chi connectivity index (χ1n) is 7.03. The Morgan fingerprint density at radius 2 is 1.67 bits per heavy atom. The molecule has 0 heterocycles. The van der Waals surface area contributed by atoms with Gasteiger partial charge in [-0.1, -0.05) is 42.5 Å². The molecule has 0 bridgehead atoms. The van der Waals surface area contributed by atoms with Crippen molar-refractivity contribution in [2.24, 2.45) is 0 Å². The van der Waals surface area contributed by atoms with Crippen molar-refractivity contribution in [3.8, 4) is 0 Å². The van der Waals surface area contributed by atoms with Crippen molar-refractivity contribution in [1.82, 2.24) is 0 Å². The summed E-state index contributed by atoms with van der Waals surface area (Å²) < 4.78 is 22.3. The average Bonchev–Trinajstić information content (AvgIpc) is 2.54. The van der Waals surface area contributed by atoms with Gasteiger partial charge in [0.05, 0.1) is 0 Å². The Balaban J connectivity index is 2.26. The first-order valence-corrected chi connectivity index (χ1v) is 8.96. The van der Waals surface area contributed by atoms with Crippen LogP contribution in [0.3, 0.4) is 0 Å². The Labute approximate surface area is 127 Å². The highest BCUT2D eigenvalue weighted by Gasteiger charge is 2.39. The largest absolute Gasteiger partial charge is 0.506 e. The van der Waals surface area contributed by atoms with Crippen LogP contribution in [0, 0.1) is 0 Å². The Morgan fingerprint density at radius 3 is 2.38 bits per heavy atom. The number of benzene rings is 2. The lowest BCUT2D eigenvalue weighted by Crippen LogP contribution is -2.47. The molecule has 0 radical (unpaired) electrons. The van der Waals surface area contributed by atoms with Crippen LogP contribution in [-0.2, 0) is 24.1 Å². The highest BCUT2D eigenvalue weighted by molar-refractivity contribution is 6.60. The zero-order valence-electron chi connectivity index (χ0n) is 12.8. The summed E-state index contributed by atoms with van der Waals surface area (Å²) in [7, 11) is 0.500. The van der Waals surface area contributed by atoms with E-state index < -0.39 is 8.80 Å². The third kappa shape index (κ3) is 3.90. The summed E-state index contributed by atoms with van der Waals surface area (Å²) in [5.41, 5.74) is 1.17. The third-order valence-electron chi connectivity index (χ3n) is 3.48. The lowest BCUT2D eigenvalue weighted by molar-refractivity contribution is -0.0288. The minimum absolute atomic E-state index is 0.190. The van der Waals surface area contributed by atoms with E-state index in [-0.39, 0.29) is 6.79 Å². The predicted octanol–water partition coefficient (Wildman–Crippen LogP) is 3.16. The molecule has 114 valence electrons. The van der Waals surface area contributed by atoms with Gasteiger partial charge in [0.2, 0.25) is 0 Å². The second-order valence-corrected chi connectivity index (χ2v) is 7.49. The van der Waals surface area contributed by atoms with Crippen LogP contribution in [0.25, 0.3) is 10.8 Å². The standard InChI is InChI=1S/C16H22O4Si/c1-4-19-13-20-21(17-2,18-3)12-15-10-7-9-14-8-5-6-11-16(14)15/h5-11H,4,12-13H2,1-3H3. The van der Waals surface area contributed by atoms with Gasteiger partial charge in [-0.05, 0) is 23.3 Å². The molecule has 2 aromatic carbocycles. The number of hydrogen-bond donors (Lipinski definition) is 0. The number of hydrogen-bond acceptors (Lipinski definition) is 4. The van der Waals surface area contributed by atoms with Gasteiger partial charge in [-0.15, -0.1) is 0 Å². The smallest absolute Gasteiger partial charge is 0.377 e. The topological polar surface area (TPSA) is 36.9 Å². The summed E-state index contributed by atoms with van der Waals surface area (Å²) >= 11 is 0. The summed E-state index contributed by atoms with van der Waals surface area (Å²) in [4.78, 5) is 0. The molecule has 0 amide bonds. The Kier molecular flexibility index (Phi) is 5.90. The number of rotatable bonds is 8. The molecular weight excluding hydrogens is 284 g/mol. The summed E-state index contributed by atoms with van der Waals surface area (Å²) in [6, 6.07) is 15.1. The monoisotopic (exact) mass is 306 g/mol. The van der Waals surface area contributed by atoms with Crippen molar-refractivity contribution in [2.45, 2.75) is 13.0 Å². The fourth-order valence-electron chi connectivity index (χ4n) is 2.29. The summed E-state index contributed by atoms with van der Waals surface area (Å²) in [5, 5.41) is 2.40. The van der Waals surface area contributed by atoms with E-state index in [0.29, 0.717) is 12.7 Å². The highest BCUT2D eigenvalue weighted by atomic mass is 28.4. The van der Waals surface area contributed by atoms with Gasteiger partial charge in [0.15, 0.2) is 0 Å². The van der Waals surface area contributed by atoms with Crippen molar-refractivity contribution < 1.29 is 18.0 Å². The Bertz CT molecular complexity index is 564. The van der Waals surface area contributed by atoms with Gasteiger partial charge in [-0.2, -0.15) is 0 Å². The predicted molar refractivity (Wildman–Crippen MR) is 85.0 cm³/mol. The van der Waals surface area contributed by atoms with Crippen LogP contribution in [0.1, 0.15) is 12.5 Å². The van der Waals surface area contributed by atoms with Crippen molar-refractivity contribution in [3.63, 3.8) is 0 Å². The van der Waals surface area contributed by atoms with Gasteiger partial charge < -0.3 is 18.0 Å². The molecule has 2 rings (SSSR count). The molecule has 4 nitrogen and oxygen atoms in total. The Hall–Kier alpha value is -1.24. The van der Waals surface area contributed by atoms with E-state index in [4.69, 9.17) is 18.0 Å². The minimum Gasteiger partial charge on any atom is -0.377 e. The minimum atomic E-state index is -2.76. The molecule has 0 aliphatic rings. The maximum Gasteiger partial charge on any atom is 0.506 e. The van der Waals surface area contributed by atoms with Crippen LogP contribution in [0.4, 0.5) is 0 Å². The van der Waals surface area contributed by atoms with Gasteiger partial charge in [0, 0.05) is 26.9 Å². The zero-order chi connectivity index (χ0) is 15.1. The van der Waals surface area contributed by atoms with E-state index in [0.717, 1.165) is 0 Å². The molecule has 0 aromatic heterocycles. The van der Waals surface area contributed by atoms with Crippen LogP contribution >= 0.6 is 0 Å². The normalized spacial score (nSPS) is 12.0. The number of ether oxygens (including phenoxy) is 1. The summed E-state index contributed by atoms with van der Waals surface area (Å²) in [6.07, 6.45) is 0. The fourth-order valence-corrected chi connectivity index (χ4v) is 4.12. The highest BCUT2D eigenvalue weighted by Crippen LogP contribution is 2.23. The molecular formula is C16H22O4Si. The lowest BCUT2D eigenvalue weighted by Gasteiger charge is -2.26. The second-order valence-electron chi connectivity index (χ2n) is 4.66. The molecule has 0 spiro atoms. The van der Waals surface area contributed by atoms with E-state index in [1.807, 2.05) is 25.1 Å². The quantitative estimate of drug-likeness (QED) is 0.426. The second kappa shape index (κ2) is 7.68. The van der Waals surface area contributed by atoms with Crippen molar-refractivity contribution >= 4 is 19.6 Å². The van der Waals surface area contributed by atoms with Crippen molar-refractivity contribution in [3.05, 3.63) is 48.0 Å². The van der Waals surface area contributed by atoms with Crippen molar-refractivity contribution in [1.29, 1.82) is 0 Å². The van der Waals surface area contributed by atoms with Gasteiger partial charge in [0.25, 0.3) is 0 Å². The van der Waals surface area contributed by atoms with Crippen LogP contribution in [0.15, 0.2) is 42.5 Å². The lowest BCUT2D eigenvalue weighted by atomic mass is 10.1. The molecule has 0 atom stereocenters. The molecule has 0 N–H and O–H groups in total. The third-order valence-corrected chi connectivity index (χ3v) is 6.09. The summed E-state index contributed by atoms with van der Waals surface area (Å²) in [5.74, 6) is 0. The van der Waals surface area contributed by atoms with Crippen LogP contribution in [-0.4, -0.2) is 36.4 Å². The van der Waals surface area contributed by atoms with E-state index in [1.54, 1.807) is 14.2 Å². The summed E-state index contributed by atoms with van der Waals surface area (Å²) in [6.45, 7) is 2.72. The molecule has 0 aliphatic heterocycles. The van der Waals surface area contributed by atoms with E-state index in [9.17, 15) is 0 Å². The molecule has 5 heteroatoms. The van der Waals surface area contributed by atoms with E-state index in [1.165, 1.54) is 16.3 Å².